The van der Waals surface area contributed by atoms with Crippen LogP contribution in [-0.4, -0.2) is 22.0 Å². The topological polar surface area (TPSA) is 79.3 Å². The zero-order valence-corrected chi connectivity index (χ0v) is 19.2. The van der Waals surface area contributed by atoms with Crippen molar-refractivity contribution in [3.8, 4) is 0 Å². The fourth-order valence-electron chi connectivity index (χ4n) is 4.93. The number of fused-ring (bicyclic) bond motifs is 2. The number of carboxylic acids is 1. The lowest BCUT2D eigenvalue weighted by molar-refractivity contribution is 0.0696. The summed E-state index contributed by atoms with van der Waals surface area (Å²) in [7, 11) is 0. The van der Waals surface area contributed by atoms with Gasteiger partial charge in [-0.15, -0.1) is 0 Å². The number of para-hydroxylation sites is 1. The number of nitrogens with one attached hydrogen (secondary N) is 1. The number of carboxylic acid groups (broad SMARTS) is 1. The molecule has 1 unspecified atom stereocenters. The number of carbonyl (C=O) groups is 2. The molecule has 5 nitrogen and oxygen atoms in total. The Hall–Kier alpha value is -3.99. The third-order valence-electron chi connectivity index (χ3n) is 6.88. The van der Waals surface area contributed by atoms with Gasteiger partial charge in [-0.1, -0.05) is 38.1 Å². The number of carbonyl (C=O) groups excluding carboxylic acids is 1. The minimum Gasteiger partial charge on any atom is -0.478 e. The zero-order chi connectivity index (χ0) is 23.9. The van der Waals surface area contributed by atoms with Crippen molar-refractivity contribution in [3.05, 3.63) is 107 Å². The third-order valence-corrected chi connectivity index (χ3v) is 6.88. The van der Waals surface area contributed by atoms with Crippen LogP contribution < -0.4 is 5.32 Å². The predicted octanol–water partition coefficient (Wildman–Crippen LogP) is 6.39. The van der Waals surface area contributed by atoms with Gasteiger partial charge in [-0.3, -0.25) is 9.78 Å². The van der Waals surface area contributed by atoms with E-state index in [4.69, 9.17) is 5.11 Å². The van der Waals surface area contributed by atoms with Gasteiger partial charge in [-0.25, -0.2) is 4.79 Å². The Labute approximate surface area is 198 Å². The van der Waals surface area contributed by atoms with E-state index in [1.165, 1.54) is 23.3 Å². The predicted molar refractivity (Wildman–Crippen MR) is 134 cm³/mol. The molecule has 170 valence electrons. The van der Waals surface area contributed by atoms with Gasteiger partial charge in [0, 0.05) is 28.8 Å². The number of nitrogens with zero attached hydrogens (tertiary/aromatic N) is 1. The molecule has 1 amide bonds. The van der Waals surface area contributed by atoms with E-state index in [9.17, 15) is 9.59 Å². The summed E-state index contributed by atoms with van der Waals surface area (Å²) in [5, 5.41) is 13.1. The summed E-state index contributed by atoms with van der Waals surface area (Å²) in [5.41, 5.74) is 5.92. The number of rotatable bonds is 4. The molecule has 0 fully saturated rings. The van der Waals surface area contributed by atoms with Crippen LogP contribution in [0.2, 0.25) is 0 Å². The van der Waals surface area contributed by atoms with E-state index >= 15 is 0 Å². The average molecular weight is 451 g/mol. The molecule has 3 aromatic carbocycles. The Bertz CT molecular complexity index is 1410. The minimum absolute atomic E-state index is 0.0256. The highest BCUT2D eigenvalue weighted by molar-refractivity contribution is 6.04. The lowest BCUT2D eigenvalue weighted by Crippen LogP contribution is -2.27. The molecule has 1 aliphatic rings. The summed E-state index contributed by atoms with van der Waals surface area (Å²) in [6.07, 6.45) is 4.01. The Morgan fingerprint density at radius 3 is 2.47 bits per heavy atom. The molecule has 0 radical (unpaired) electrons. The van der Waals surface area contributed by atoms with Gasteiger partial charge in [0.1, 0.15) is 0 Å². The quantitative estimate of drug-likeness (QED) is 0.378. The van der Waals surface area contributed by atoms with Crippen LogP contribution >= 0.6 is 0 Å². The van der Waals surface area contributed by atoms with E-state index in [2.05, 4.69) is 42.3 Å². The fourth-order valence-corrected chi connectivity index (χ4v) is 4.93. The van der Waals surface area contributed by atoms with Crippen molar-refractivity contribution in [2.75, 3.05) is 5.32 Å². The van der Waals surface area contributed by atoms with Gasteiger partial charge in [0.25, 0.3) is 5.91 Å². The first-order valence-electron chi connectivity index (χ1n) is 11.5. The number of amides is 1. The molecule has 5 rings (SSSR count). The summed E-state index contributed by atoms with van der Waals surface area (Å²) in [6.45, 7) is 4.51. The molecule has 0 spiro atoms. The van der Waals surface area contributed by atoms with Crippen molar-refractivity contribution in [2.45, 2.75) is 38.0 Å². The largest absolute Gasteiger partial charge is 0.478 e. The molecule has 0 aliphatic heterocycles. The number of aromatic nitrogens is 1. The van der Waals surface area contributed by atoms with Gasteiger partial charge in [-0.2, -0.15) is 0 Å². The molecule has 4 aromatic rings. The van der Waals surface area contributed by atoms with Crippen LogP contribution in [-0.2, 0) is 5.41 Å². The number of aromatic carboxylic acids is 1. The highest BCUT2D eigenvalue weighted by Crippen LogP contribution is 2.45. The van der Waals surface area contributed by atoms with Gasteiger partial charge >= 0.3 is 5.97 Å². The van der Waals surface area contributed by atoms with Crippen molar-refractivity contribution in [1.29, 1.82) is 0 Å². The molecular weight excluding hydrogens is 424 g/mol. The molecule has 1 aliphatic carbocycles. The maximum absolute atomic E-state index is 13.1. The van der Waals surface area contributed by atoms with Crippen molar-refractivity contribution in [3.63, 3.8) is 0 Å². The van der Waals surface area contributed by atoms with E-state index in [0.29, 0.717) is 11.3 Å². The Morgan fingerprint density at radius 2 is 1.71 bits per heavy atom. The van der Waals surface area contributed by atoms with Gasteiger partial charge in [0.05, 0.1) is 11.1 Å². The minimum atomic E-state index is -0.996. The lowest BCUT2D eigenvalue weighted by Gasteiger charge is -2.37. The molecular formula is C29H26N2O3. The second-order valence-electron chi connectivity index (χ2n) is 9.58. The van der Waals surface area contributed by atoms with Crippen LogP contribution in [0.4, 0.5) is 5.69 Å². The van der Waals surface area contributed by atoms with Crippen molar-refractivity contribution < 1.29 is 14.7 Å². The number of benzene rings is 3. The summed E-state index contributed by atoms with van der Waals surface area (Å²) in [6, 6.07) is 22.5. The van der Waals surface area contributed by atoms with E-state index in [-0.39, 0.29) is 22.8 Å². The first-order valence-corrected chi connectivity index (χ1v) is 11.5. The van der Waals surface area contributed by atoms with Crippen LogP contribution in [0.25, 0.3) is 10.9 Å². The van der Waals surface area contributed by atoms with Gasteiger partial charge in [-0.05, 0) is 83.5 Å². The summed E-state index contributed by atoms with van der Waals surface area (Å²) >= 11 is 0. The maximum atomic E-state index is 13.1. The molecule has 2 N–H and O–H groups in total. The second-order valence-corrected chi connectivity index (χ2v) is 9.58. The molecule has 0 saturated carbocycles. The van der Waals surface area contributed by atoms with E-state index in [1.54, 1.807) is 12.1 Å². The number of hydrogen-bond acceptors (Lipinski definition) is 3. The van der Waals surface area contributed by atoms with Crippen molar-refractivity contribution >= 4 is 28.5 Å². The number of anilines is 1. The lowest BCUT2D eigenvalue weighted by atomic mass is 9.67. The third kappa shape index (κ3) is 4.05. The average Bonchev–Trinajstić information content (AvgIpc) is 2.84. The van der Waals surface area contributed by atoms with Crippen molar-refractivity contribution in [1.82, 2.24) is 4.98 Å². The smallest absolute Gasteiger partial charge is 0.335 e. The highest BCUT2D eigenvalue weighted by Gasteiger charge is 2.34. The first-order chi connectivity index (χ1) is 16.3. The van der Waals surface area contributed by atoms with E-state index < -0.39 is 5.97 Å². The van der Waals surface area contributed by atoms with Gasteiger partial charge in [0.2, 0.25) is 0 Å². The molecule has 34 heavy (non-hydrogen) atoms. The zero-order valence-electron chi connectivity index (χ0n) is 19.2. The van der Waals surface area contributed by atoms with Crippen molar-refractivity contribution in [2.24, 2.45) is 0 Å². The van der Waals surface area contributed by atoms with Crippen LogP contribution in [0.1, 0.15) is 70.0 Å². The Morgan fingerprint density at radius 1 is 0.971 bits per heavy atom. The number of pyridine rings is 1. The molecule has 0 saturated heterocycles. The van der Waals surface area contributed by atoms with E-state index in [0.717, 1.165) is 29.3 Å². The summed E-state index contributed by atoms with van der Waals surface area (Å²) in [5.74, 6) is -1.04. The molecule has 1 aromatic heterocycles. The Kier molecular flexibility index (Phi) is 5.40. The van der Waals surface area contributed by atoms with Crippen LogP contribution in [0, 0.1) is 0 Å². The SMILES string of the molecule is CC1(C)CCC(c2cnc3ccccc3c2)c2cc(C(=O)Nc3ccc(C(=O)O)cc3)ccc21. The second kappa shape index (κ2) is 8.41. The first kappa shape index (κ1) is 21.8. The highest BCUT2D eigenvalue weighted by atomic mass is 16.4. The Balaban J connectivity index is 1.49. The van der Waals surface area contributed by atoms with Crippen LogP contribution in [0.5, 0.6) is 0 Å². The van der Waals surface area contributed by atoms with Crippen LogP contribution in [0.3, 0.4) is 0 Å². The fraction of sp³-hybridized carbons (Fsp3) is 0.207. The van der Waals surface area contributed by atoms with Crippen LogP contribution in [0.15, 0.2) is 79.0 Å². The molecule has 1 atom stereocenters. The molecule has 1 heterocycles. The number of hydrogen-bond donors (Lipinski definition) is 2. The van der Waals surface area contributed by atoms with E-state index in [1.807, 2.05) is 36.5 Å². The summed E-state index contributed by atoms with van der Waals surface area (Å²) < 4.78 is 0. The van der Waals surface area contributed by atoms with Gasteiger partial charge in [0.15, 0.2) is 0 Å². The monoisotopic (exact) mass is 450 g/mol. The molecule has 5 heteroatoms. The summed E-state index contributed by atoms with van der Waals surface area (Å²) in [4.78, 5) is 28.8. The maximum Gasteiger partial charge on any atom is 0.335 e. The molecule has 0 bridgehead atoms. The van der Waals surface area contributed by atoms with Gasteiger partial charge < -0.3 is 10.4 Å². The normalized spacial score (nSPS) is 16.6. The standard InChI is InChI=1S/C29H26N2O3/c1-29(2)14-13-23(21-15-19-5-3-4-6-26(19)30-17-21)24-16-20(9-12-25(24)29)27(32)31-22-10-7-18(8-11-22)28(33)34/h3-12,15-17,23H,13-14H2,1-2H3,(H,31,32)(H,33,34).